The van der Waals surface area contributed by atoms with Gasteiger partial charge in [-0.3, -0.25) is 0 Å². The molecule has 0 saturated heterocycles. The van der Waals surface area contributed by atoms with Crippen LogP contribution in [-0.2, 0) is 10.0 Å². The smallest absolute Gasteiger partial charge is 0.244 e. The predicted octanol–water partition coefficient (Wildman–Crippen LogP) is 1.71. The van der Waals surface area contributed by atoms with E-state index in [2.05, 4.69) is 25.3 Å². The van der Waals surface area contributed by atoms with Crippen LogP contribution < -0.4 is 14.8 Å². The molecule has 27 heavy (non-hydrogen) atoms. The Kier molecular flexibility index (Phi) is 5.89. The number of nitrogens with zero attached hydrogens (tertiary/aromatic N) is 4. The number of hydrogen-bond acceptors (Lipinski definition) is 7. The van der Waals surface area contributed by atoms with Gasteiger partial charge >= 0.3 is 0 Å². The van der Waals surface area contributed by atoms with E-state index < -0.39 is 10.0 Å². The fourth-order valence-corrected chi connectivity index (χ4v) is 3.72. The topological polar surface area (TPSA) is 111 Å². The minimum atomic E-state index is -3.76. The van der Waals surface area contributed by atoms with E-state index in [1.807, 2.05) is 0 Å². The molecule has 2 heterocycles. The summed E-state index contributed by atoms with van der Waals surface area (Å²) in [4.78, 5) is -0.0131. The van der Waals surface area contributed by atoms with Crippen LogP contribution in [0.2, 0.25) is 5.02 Å². The Hall–Kier alpha value is -2.69. The zero-order chi connectivity index (χ0) is 19.3. The number of rotatable bonds is 8. The second-order valence-corrected chi connectivity index (χ2v) is 7.52. The minimum Gasteiger partial charge on any atom is -0.495 e. The second kappa shape index (κ2) is 8.33. The highest BCUT2D eigenvalue weighted by molar-refractivity contribution is 7.89. The summed E-state index contributed by atoms with van der Waals surface area (Å²) in [7, 11) is -2.37. The summed E-state index contributed by atoms with van der Waals surface area (Å²) in [6, 6.07) is 9.69. The Bertz CT molecular complexity index is 994. The van der Waals surface area contributed by atoms with Gasteiger partial charge in [-0.2, -0.15) is 5.10 Å². The molecule has 0 aliphatic heterocycles. The van der Waals surface area contributed by atoms with Crippen molar-refractivity contribution in [2.75, 3.05) is 25.5 Å². The quantitative estimate of drug-likeness (QED) is 0.546. The molecule has 142 valence electrons. The summed E-state index contributed by atoms with van der Waals surface area (Å²) in [5.74, 6) is 1.32. The largest absolute Gasteiger partial charge is 0.495 e. The van der Waals surface area contributed by atoms with Gasteiger partial charge < -0.3 is 10.1 Å². The van der Waals surface area contributed by atoms with E-state index >= 15 is 0 Å². The summed E-state index contributed by atoms with van der Waals surface area (Å²) in [6.45, 7) is 0.457. The van der Waals surface area contributed by atoms with Crippen molar-refractivity contribution in [1.82, 2.24) is 24.7 Å². The Morgan fingerprint density at radius 2 is 2.04 bits per heavy atom. The number of halogens is 1. The average Bonchev–Trinajstić information content (AvgIpc) is 3.20. The molecule has 0 aliphatic rings. The summed E-state index contributed by atoms with van der Waals surface area (Å²) < 4.78 is 34.0. The molecule has 2 N–H and O–H groups in total. The molecule has 0 aliphatic carbocycles. The fraction of sp³-hybridized carbons (Fsp3) is 0.188. The van der Waals surface area contributed by atoms with Crippen molar-refractivity contribution in [3.8, 4) is 11.6 Å². The first-order valence-electron chi connectivity index (χ1n) is 7.90. The summed E-state index contributed by atoms with van der Waals surface area (Å²) >= 11 is 5.89. The fourth-order valence-electron chi connectivity index (χ4n) is 2.26. The lowest BCUT2D eigenvalue weighted by atomic mass is 10.3. The van der Waals surface area contributed by atoms with Gasteiger partial charge in [0.15, 0.2) is 5.82 Å². The minimum absolute atomic E-state index is 0.0131. The number of ether oxygens (including phenoxy) is 1. The predicted molar refractivity (Wildman–Crippen MR) is 101 cm³/mol. The normalized spacial score (nSPS) is 11.3. The van der Waals surface area contributed by atoms with Crippen LogP contribution in [0.4, 0.5) is 5.82 Å². The molecule has 0 atom stereocenters. The van der Waals surface area contributed by atoms with Gasteiger partial charge in [0.25, 0.3) is 0 Å². The van der Waals surface area contributed by atoms with E-state index in [1.165, 1.54) is 19.2 Å². The number of nitrogens with one attached hydrogen (secondary N) is 2. The summed E-state index contributed by atoms with van der Waals surface area (Å²) in [6.07, 6.45) is 3.41. The standard InChI is InChI=1S/C16H17ClN6O3S/c1-26-13-4-3-12(17)11-14(13)27(24,25)20-9-8-18-15-5-6-16(22-21-15)23-10-2-7-19-23/h2-7,10-11,20H,8-9H2,1H3,(H,18,21). The molecule has 0 radical (unpaired) electrons. The third kappa shape index (κ3) is 4.73. The van der Waals surface area contributed by atoms with E-state index in [0.29, 0.717) is 23.2 Å². The molecule has 3 aromatic rings. The maximum absolute atomic E-state index is 12.4. The monoisotopic (exact) mass is 408 g/mol. The lowest BCUT2D eigenvalue weighted by Crippen LogP contribution is -2.29. The number of sulfonamides is 1. The van der Waals surface area contributed by atoms with E-state index in [9.17, 15) is 8.42 Å². The molecule has 2 aromatic heterocycles. The molecular formula is C16H17ClN6O3S. The van der Waals surface area contributed by atoms with Crippen LogP contribution >= 0.6 is 11.6 Å². The van der Waals surface area contributed by atoms with Gasteiger partial charge in [0.2, 0.25) is 10.0 Å². The molecule has 1 aromatic carbocycles. The van der Waals surface area contributed by atoms with E-state index in [4.69, 9.17) is 16.3 Å². The number of benzene rings is 1. The first-order chi connectivity index (χ1) is 13.0. The van der Waals surface area contributed by atoms with Crippen molar-refractivity contribution in [2.24, 2.45) is 0 Å². The van der Waals surface area contributed by atoms with Crippen LogP contribution in [0.25, 0.3) is 5.82 Å². The van der Waals surface area contributed by atoms with E-state index in [1.54, 1.807) is 41.3 Å². The van der Waals surface area contributed by atoms with E-state index in [-0.39, 0.29) is 17.2 Å². The van der Waals surface area contributed by atoms with Gasteiger partial charge in [-0.1, -0.05) is 11.6 Å². The van der Waals surface area contributed by atoms with Crippen molar-refractivity contribution >= 4 is 27.4 Å². The number of anilines is 1. The molecule has 0 unspecified atom stereocenters. The summed E-state index contributed by atoms with van der Waals surface area (Å²) in [5, 5.41) is 15.4. The van der Waals surface area contributed by atoms with Gasteiger partial charge in [-0.05, 0) is 36.4 Å². The van der Waals surface area contributed by atoms with Crippen LogP contribution in [0, 0.1) is 0 Å². The highest BCUT2D eigenvalue weighted by Crippen LogP contribution is 2.26. The van der Waals surface area contributed by atoms with Gasteiger partial charge in [0.1, 0.15) is 16.5 Å². The molecule has 0 spiro atoms. The third-order valence-electron chi connectivity index (χ3n) is 3.53. The Balaban J connectivity index is 1.56. The maximum Gasteiger partial charge on any atom is 0.244 e. The van der Waals surface area contributed by atoms with Crippen LogP contribution in [0.3, 0.4) is 0 Å². The first kappa shape index (κ1) is 19.1. The molecule has 11 heteroatoms. The highest BCUT2D eigenvalue weighted by atomic mass is 35.5. The van der Waals surface area contributed by atoms with Crippen LogP contribution in [0.5, 0.6) is 5.75 Å². The van der Waals surface area contributed by atoms with Crippen molar-refractivity contribution in [2.45, 2.75) is 4.90 Å². The van der Waals surface area contributed by atoms with Crippen LogP contribution in [0.15, 0.2) is 53.7 Å². The average molecular weight is 409 g/mol. The Labute approximate surface area is 161 Å². The lowest BCUT2D eigenvalue weighted by Gasteiger charge is -2.11. The van der Waals surface area contributed by atoms with Gasteiger partial charge in [-0.15, -0.1) is 10.2 Å². The zero-order valence-corrected chi connectivity index (χ0v) is 15.9. The maximum atomic E-state index is 12.4. The van der Waals surface area contributed by atoms with E-state index in [0.717, 1.165) is 0 Å². The Morgan fingerprint density at radius 3 is 2.70 bits per heavy atom. The van der Waals surface area contributed by atoms with Gasteiger partial charge in [0, 0.05) is 30.5 Å². The number of aromatic nitrogens is 4. The summed E-state index contributed by atoms with van der Waals surface area (Å²) in [5.41, 5.74) is 0. The second-order valence-electron chi connectivity index (χ2n) is 5.35. The third-order valence-corrected chi connectivity index (χ3v) is 5.25. The van der Waals surface area contributed by atoms with Crippen molar-refractivity contribution in [3.05, 3.63) is 53.8 Å². The molecule has 0 bridgehead atoms. The lowest BCUT2D eigenvalue weighted by molar-refractivity contribution is 0.402. The van der Waals surface area contributed by atoms with Gasteiger partial charge in [-0.25, -0.2) is 17.8 Å². The molecule has 0 fully saturated rings. The van der Waals surface area contributed by atoms with Crippen molar-refractivity contribution < 1.29 is 13.2 Å². The van der Waals surface area contributed by atoms with Crippen LogP contribution in [0.1, 0.15) is 0 Å². The van der Waals surface area contributed by atoms with Gasteiger partial charge in [0.05, 0.1) is 7.11 Å². The highest BCUT2D eigenvalue weighted by Gasteiger charge is 2.19. The number of methoxy groups -OCH3 is 1. The molecular weight excluding hydrogens is 392 g/mol. The SMILES string of the molecule is COc1ccc(Cl)cc1S(=O)(=O)NCCNc1ccc(-n2cccn2)nn1. The van der Waals surface area contributed by atoms with Crippen LogP contribution in [-0.4, -0.2) is 48.6 Å². The Morgan fingerprint density at radius 1 is 1.19 bits per heavy atom. The molecule has 9 nitrogen and oxygen atoms in total. The number of hydrogen-bond donors (Lipinski definition) is 2. The molecule has 3 rings (SSSR count). The molecule has 0 saturated carbocycles. The van der Waals surface area contributed by atoms with Crippen molar-refractivity contribution in [3.63, 3.8) is 0 Å². The van der Waals surface area contributed by atoms with Crippen molar-refractivity contribution in [1.29, 1.82) is 0 Å². The first-order valence-corrected chi connectivity index (χ1v) is 9.76. The molecule has 0 amide bonds. The zero-order valence-electron chi connectivity index (χ0n) is 14.3.